The van der Waals surface area contributed by atoms with Gasteiger partial charge < -0.3 is 18.8 Å². The van der Waals surface area contributed by atoms with E-state index in [1.165, 1.54) is 24.9 Å². The Balaban J connectivity index is 1.53. The third kappa shape index (κ3) is 5.45. The summed E-state index contributed by atoms with van der Waals surface area (Å²) < 4.78 is 19.2. The fraction of sp³-hybridized carbons (Fsp3) is 0.242. The molecule has 6 rings (SSSR count). The summed E-state index contributed by atoms with van der Waals surface area (Å²) in [6.07, 6.45) is 3.20. The molecule has 1 unspecified atom stereocenters. The van der Waals surface area contributed by atoms with Gasteiger partial charge >= 0.3 is 6.01 Å². The fourth-order valence-electron chi connectivity index (χ4n) is 5.70. The summed E-state index contributed by atoms with van der Waals surface area (Å²) in [7, 11) is 4.55. The molecule has 3 aromatic heterocycles. The Morgan fingerprint density at radius 1 is 0.935 bits per heavy atom. The number of fused-ring (bicyclic) bond motifs is 1. The van der Waals surface area contributed by atoms with E-state index < -0.39 is 6.04 Å². The monoisotopic (exact) mass is 660 g/mol. The van der Waals surface area contributed by atoms with Crippen molar-refractivity contribution in [2.45, 2.75) is 32.4 Å². The van der Waals surface area contributed by atoms with Gasteiger partial charge in [-0.15, -0.1) is 0 Å². The highest BCUT2D eigenvalue weighted by atomic mass is 35.5. The number of methoxy groups -OCH3 is 3. The Bertz CT molecular complexity index is 1990. The summed E-state index contributed by atoms with van der Waals surface area (Å²) in [5, 5.41) is 5.36. The van der Waals surface area contributed by atoms with E-state index in [9.17, 15) is 9.59 Å². The molecule has 0 aliphatic carbocycles. The molecule has 11 nitrogen and oxygen atoms in total. The van der Waals surface area contributed by atoms with E-state index in [1.807, 2.05) is 50.2 Å². The summed E-state index contributed by atoms with van der Waals surface area (Å²) in [4.78, 5) is 37.9. The van der Waals surface area contributed by atoms with Crippen molar-refractivity contribution >= 4 is 34.8 Å². The van der Waals surface area contributed by atoms with Crippen LogP contribution in [0.5, 0.6) is 17.6 Å². The Labute approximate surface area is 274 Å². The molecule has 0 radical (unpaired) electrons. The lowest BCUT2D eigenvalue weighted by Gasteiger charge is -2.28. The second kappa shape index (κ2) is 12.5. The van der Waals surface area contributed by atoms with E-state index in [-0.39, 0.29) is 46.5 Å². The molecule has 0 N–H and O–H groups in total. The Kier molecular flexibility index (Phi) is 8.45. The molecule has 0 bridgehead atoms. The highest BCUT2D eigenvalue weighted by molar-refractivity contribution is 6.31. The average molecular weight is 662 g/mol. The number of rotatable bonds is 9. The molecule has 0 fully saturated rings. The predicted molar refractivity (Wildman–Crippen MR) is 174 cm³/mol. The van der Waals surface area contributed by atoms with E-state index in [4.69, 9.17) is 42.5 Å². The van der Waals surface area contributed by atoms with Gasteiger partial charge in [-0.25, -0.2) is 9.67 Å². The van der Waals surface area contributed by atoms with Gasteiger partial charge in [0.25, 0.3) is 11.5 Å². The number of halogens is 2. The number of pyridine rings is 1. The minimum Gasteiger partial charge on any atom is -0.497 e. The van der Waals surface area contributed by atoms with Crippen LogP contribution < -0.4 is 24.7 Å². The van der Waals surface area contributed by atoms with E-state index in [2.05, 4.69) is 9.97 Å². The van der Waals surface area contributed by atoms with Crippen LogP contribution >= 0.6 is 23.2 Å². The maximum absolute atomic E-state index is 14.5. The second-order valence-corrected chi connectivity index (χ2v) is 11.8. The number of hydrogen-bond donors (Lipinski definition) is 0. The number of benzene rings is 2. The number of hydrogen-bond acceptors (Lipinski definition) is 8. The molecule has 2 aromatic carbocycles. The van der Waals surface area contributed by atoms with Gasteiger partial charge in [-0.3, -0.25) is 14.5 Å². The smallest absolute Gasteiger partial charge is 0.319 e. The first-order chi connectivity index (χ1) is 22.1. The van der Waals surface area contributed by atoms with Crippen molar-refractivity contribution in [3.63, 3.8) is 0 Å². The number of carbonyl (C=O) groups excluding carboxylic acids is 1. The molecule has 1 amide bonds. The van der Waals surface area contributed by atoms with Crippen LogP contribution in [-0.2, 0) is 6.54 Å². The summed E-state index contributed by atoms with van der Waals surface area (Å²) >= 11 is 12.8. The Morgan fingerprint density at radius 3 is 2.28 bits per heavy atom. The second-order valence-electron chi connectivity index (χ2n) is 10.9. The number of carbonyl (C=O) groups is 1. The molecule has 1 aliphatic heterocycles. The summed E-state index contributed by atoms with van der Waals surface area (Å²) in [5.41, 5.74) is 3.85. The molecule has 0 saturated heterocycles. The highest BCUT2D eigenvalue weighted by Gasteiger charge is 2.45. The van der Waals surface area contributed by atoms with Crippen molar-refractivity contribution in [1.82, 2.24) is 24.3 Å². The first-order valence-electron chi connectivity index (χ1n) is 14.3. The molecule has 5 aromatic rings. The maximum Gasteiger partial charge on any atom is 0.319 e. The number of ether oxygens (including phenoxy) is 3. The van der Waals surface area contributed by atoms with Crippen molar-refractivity contribution in [2.75, 3.05) is 26.2 Å². The van der Waals surface area contributed by atoms with Gasteiger partial charge in [0.05, 0.1) is 51.5 Å². The standard InChI is InChI=1S/C33H30Cl2N6O5/c1-18(2)28-26-27(38-41(28)25-15-36-33(46-5)37-30(25)45-4)32(43)40(29(26)20-8-10-21(34)11-9-20)22-14-24(35)31(42)39(17-22)16-19-6-12-23(44-3)13-7-19/h6-15,17-18,29H,16H2,1-5H3. The van der Waals surface area contributed by atoms with Crippen molar-refractivity contribution in [3.05, 3.63) is 115 Å². The van der Waals surface area contributed by atoms with E-state index in [0.717, 1.165) is 16.8 Å². The quantitative estimate of drug-likeness (QED) is 0.187. The third-order valence-corrected chi connectivity index (χ3v) is 8.30. The van der Waals surface area contributed by atoms with Gasteiger partial charge in [-0.1, -0.05) is 61.3 Å². The van der Waals surface area contributed by atoms with E-state index >= 15 is 0 Å². The Morgan fingerprint density at radius 2 is 1.65 bits per heavy atom. The van der Waals surface area contributed by atoms with Crippen LogP contribution in [0.4, 0.5) is 5.69 Å². The molecule has 13 heteroatoms. The van der Waals surface area contributed by atoms with E-state index in [0.29, 0.717) is 27.7 Å². The summed E-state index contributed by atoms with van der Waals surface area (Å²) in [6.45, 7) is 4.27. The van der Waals surface area contributed by atoms with Crippen LogP contribution in [0.3, 0.4) is 0 Å². The van der Waals surface area contributed by atoms with Crippen LogP contribution in [0.2, 0.25) is 10.0 Å². The molecule has 1 aliphatic rings. The SMILES string of the molecule is COc1ccc(Cn2cc(N3C(=O)c4nn(-c5cnc(OC)nc5OC)c(C(C)C)c4C3c3ccc(Cl)cc3)cc(Cl)c2=O)cc1. The summed E-state index contributed by atoms with van der Waals surface area (Å²) in [6, 6.07) is 15.7. The lowest BCUT2D eigenvalue weighted by atomic mass is 9.94. The molecule has 0 spiro atoms. The van der Waals surface area contributed by atoms with Gasteiger partial charge in [0.15, 0.2) is 5.69 Å². The summed E-state index contributed by atoms with van der Waals surface area (Å²) in [5.74, 6) is 0.471. The topological polar surface area (TPSA) is 114 Å². The number of aromatic nitrogens is 5. The third-order valence-electron chi connectivity index (χ3n) is 7.78. The molecule has 46 heavy (non-hydrogen) atoms. The molecule has 236 valence electrons. The average Bonchev–Trinajstić information content (AvgIpc) is 3.58. The van der Waals surface area contributed by atoms with Gasteiger partial charge in [-0.05, 0) is 47.4 Å². The van der Waals surface area contributed by atoms with Crippen LogP contribution in [0, 0.1) is 0 Å². The van der Waals surface area contributed by atoms with Crippen molar-refractivity contribution in [1.29, 1.82) is 0 Å². The number of amides is 1. The lowest BCUT2D eigenvalue weighted by Crippen LogP contribution is -2.32. The van der Waals surface area contributed by atoms with Crippen LogP contribution in [0.1, 0.15) is 58.7 Å². The largest absolute Gasteiger partial charge is 0.497 e. The van der Waals surface area contributed by atoms with E-state index in [1.54, 1.807) is 41.2 Å². The zero-order valence-electron chi connectivity index (χ0n) is 25.7. The fourth-order valence-corrected chi connectivity index (χ4v) is 6.04. The minimum atomic E-state index is -0.626. The maximum atomic E-state index is 14.5. The van der Waals surface area contributed by atoms with Crippen molar-refractivity contribution in [2.24, 2.45) is 0 Å². The molecule has 4 heterocycles. The molecular weight excluding hydrogens is 631 g/mol. The minimum absolute atomic E-state index is 0.0209. The molecule has 0 saturated carbocycles. The zero-order valence-corrected chi connectivity index (χ0v) is 27.2. The lowest BCUT2D eigenvalue weighted by molar-refractivity contribution is 0.0988. The van der Waals surface area contributed by atoms with Crippen LogP contribution in [0.15, 0.2) is 71.8 Å². The van der Waals surface area contributed by atoms with Gasteiger partial charge in [0.1, 0.15) is 16.5 Å². The first-order valence-corrected chi connectivity index (χ1v) is 15.1. The molecule has 1 atom stereocenters. The number of nitrogens with zero attached hydrogens (tertiary/aromatic N) is 6. The van der Waals surface area contributed by atoms with Gasteiger partial charge in [0.2, 0.25) is 5.88 Å². The zero-order chi connectivity index (χ0) is 32.7. The van der Waals surface area contributed by atoms with Crippen molar-refractivity contribution in [3.8, 4) is 23.3 Å². The normalized spacial score (nSPS) is 14.1. The van der Waals surface area contributed by atoms with Gasteiger partial charge in [0, 0.05) is 16.8 Å². The van der Waals surface area contributed by atoms with Crippen LogP contribution in [0.25, 0.3) is 5.69 Å². The molecular formula is C33H30Cl2N6O5. The Hall–Kier alpha value is -4.87. The first kappa shape index (κ1) is 31.1. The highest BCUT2D eigenvalue weighted by Crippen LogP contribution is 2.46. The van der Waals surface area contributed by atoms with Crippen LogP contribution in [-0.4, -0.2) is 51.6 Å². The number of anilines is 1. The predicted octanol–water partition coefficient (Wildman–Crippen LogP) is 6.08. The van der Waals surface area contributed by atoms with Crippen molar-refractivity contribution < 1.29 is 19.0 Å². The van der Waals surface area contributed by atoms with Gasteiger partial charge in [-0.2, -0.15) is 10.1 Å².